The number of nitrogens with one attached hydrogen (secondary N) is 1. The summed E-state index contributed by atoms with van der Waals surface area (Å²) < 4.78 is 0. The van der Waals surface area contributed by atoms with Crippen molar-refractivity contribution in [3.63, 3.8) is 0 Å². The minimum atomic E-state index is 0.344. The van der Waals surface area contributed by atoms with Gasteiger partial charge in [0.1, 0.15) is 0 Å². The van der Waals surface area contributed by atoms with Gasteiger partial charge in [-0.1, -0.05) is 52.0 Å². The molecule has 0 aliphatic carbocycles. The van der Waals surface area contributed by atoms with Crippen molar-refractivity contribution in [3.8, 4) is 0 Å². The van der Waals surface area contributed by atoms with Crippen LogP contribution in [0.5, 0.6) is 0 Å². The predicted octanol–water partition coefficient (Wildman–Crippen LogP) is 3.69. The molecule has 3 atom stereocenters. The first-order valence-corrected chi connectivity index (χ1v) is 7.52. The van der Waals surface area contributed by atoms with Crippen LogP contribution in [0.2, 0.25) is 0 Å². The molecule has 2 nitrogen and oxygen atoms in total. The van der Waals surface area contributed by atoms with Crippen molar-refractivity contribution in [2.75, 3.05) is 13.6 Å². The zero-order valence-corrected chi connectivity index (χ0v) is 13.1. The monoisotopic (exact) mass is 262 g/mol. The van der Waals surface area contributed by atoms with Crippen LogP contribution in [0, 0.1) is 11.8 Å². The second-order valence-electron chi connectivity index (χ2n) is 5.89. The summed E-state index contributed by atoms with van der Waals surface area (Å²) in [4.78, 5) is 0. The Morgan fingerprint density at radius 2 is 1.58 bits per heavy atom. The Labute approximate surface area is 118 Å². The lowest BCUT2D eigenvalue weighted by molar-refractivity contribution is 0.299. The molecule has 19 heavy (non-hydrogen) atoms. The molecule has 0 fully saturated rings. The quantitative estimate of drug-likeness (QED) is 0.786. The molecule has 0 saturated heterocycles. The summed E-state index contributed by atoms with van der Waals surface area (Å²) >= 11 is 0. The van der Waals surface area contributed by atoms with Gasteiger partial charge in [0.25, 0.3) is 0 Å². The third-order valence-electron chi connectivity index (χ3n) is 4.34. The van der Waals surface area contributed by atoms with Gasteiger partial charge in [0.15, 0.2) is 0 Å². The molecule has 2 heteroatoms. The highest BCUT2D eigenvalue weighted by Gasteiger charge is 2.23. The van der Waals surface area contributed by atoms with Gasteiger partial charge in [-0.15, -0.1) is 0 Å². The van der Waals surface area contributed by atoms with E-state index in [1.807, 2.05) is 7.05 Å². The van der Waals surface area contributed by atoms with E-state index >= 15 is 0 Å². The lowest BCUT2D eigenvalue weighted by Gasteiger charge is -2.29. The predicted molar refractivity (Wildman–Crippen MR) is 84.3 cm³/mol. The Morgan fingerprint density at radius 3 is 1.95 bits per heavy atom. The van der Waals surface area contributed by atoms with Crippen LogP contribution < -0.4 is 11.1 Å². The van der Waals surface area contributed by atoms with E-state index in [1.165, 1.54) is 17.5 Å². The van der Waals surface area contributed by atoms with E-state index < -0.39 is 0 Å². The molecule has 0 spiro atoms. The van der Waals surface area contributed by atoms with E-state index in [0.717, 1.165) is 6.54 Å². The van der Waals surface area contributed by atoms with Crippen molar-refractivity contribution in [2.24, 2.45) is 17.6 Å². The van der Waals surface area contributed by atoms with Crippen LogP contribution in [-0.4, -0.2) is 13.6 Å². The molecule has 0 bridgehead atoms. The van der Waals surface area contributed by atoms with Gasteiger partial charge in [-0.2, -0.15) is 0 Å². The number of nitrogens with two attached hydrogens (primary N) is 1. The molecule has 0 aromatic heterocycles. The van der Waals surface area contributed by atoms with Crippen molar-refractivity contribution in [3.05, 3.63) is 35.4 Å². The van der Waals surface area contributed by atoms with Crippen molar-refractivity contribution in [2.45, 2.75) is 46.1 Å². The first-order valence-electron chi connectivity index (χ1n) is 7.52. The van der Waals surface area contributed by atoms with Gasteiger partial charge < -0.3 is 11.1 Å². The summed E-state index contributed by atoms with van der Waals surface area (Å²) in [5, 5.41) is 3.43. The second-order valence-corrected chi connectivity index (χ2v) is 5.89. The smallest absolute Gasteiger partial charge is 0.0360 e. The summed E-state index contributed by atoms with van der Waals surface area (Å²) in [7, 11) is 2.03. The highest BCUT2D eigenvalue weighted by Crippen LogP contribution is 2.28. The van der Waals surface area contributed by atoms with E-state index in [0.29, 0.717) is 23.8 Å². The van der Waals surface area contributed by atoms with Gasteiger partial charge in [-0.3, -0.25) is 0 Å². The Kier molecular flexibility index (Phi) is 6.53. The second kappa shape index (κ2) is 7.66. The highest BCUT2D eigenvalue weighted by molar-refractivity contribution is 5.27. The van der Waals surface area contributed by atoms with Crippen LogP contribution in [0.3, 0.4) is 0 Å². The Morgan fingerprint density at radius 1 is 1.05 bits per heavy atom. The molecule has 3 unspecified atom stereocenters. The van der Waals surface area contributed by atoms with Gasteiger partial charge in [0.05, 0.1) is 0 Å². The number of rotatable bonds is 7. The number of hydrogen-bond donors (Lipinski definition) is 2. The fourth-order valence-corrected chi connectivity index (χ4v) is 2.69. The molecule has 0 heterocycles. The van der Waals surface area contributed by atoms with Gasteiger partial charge in [0, 0.05) is 6.04 Å². The summed E-state index contributed by atoms with van der Waals surface area (Å²) in [5.74, 6) is 1.69. The molecule has 0 saturated carbocycles. The average molecular weight is 262 g/mol. The van der Waals surface area contributed by atoms with Crippen LogP contribution in [0.1, 0.15) is 57.2 Å². The number of hydrogen-bond acceptors (Lipinski definition) is 2. The molecule has 1 rings (SSSR count). The summed E-state index contributed by atoms with van der Waals surface area (Å²) in [6, 6.07) is 9.39. The lowest BCUT2D eigenvalue weighted by Crippen LogP contribution is -2.33. The van der Waals surface area contributed by atoms with Crippen molar-refractivity contribution in [1.29, 1.82) is 0 Å². The van der Waals surface area contributed by atoms with Crippen molar-refractivity contribution >= 4 is 0 Å². The topological polar surface area (TPSA) is 38.0 Å². The van der Waals surface area contributed by atoms with Gasteiger partial charge >= 0.3 is 0 Å². The van der Waals surface area contributed by atoms with Crippen molar-refractivity contribution in [1.82, 2.24) is 5.32 Å². The zero-order chi connectivity index (χ0) is 14.4. The molecule has 108 valence electrons. The van der Waals surface area contributed by atoms with Crippen LogP contribution in [-0.2, 0) is 0 Å². The highest BCUT2D eigenvalue weighted by atomic mass is 14.9. The SMILES string of the molecule is CCC(C)c1ccc(C(NC)C(CN)C(C)C)cc1. The molecular weight excluding hydrogens is 232 g/mol. The number of benzene rings is 1. The molecule has 0 amide bonds. The standard InChI is InChI=1S/C17H30N2/c1-6-13(4)14-7-9-15(10-8-14)17(19-5)16(11-18)12(2)3/h7-10,12-13,16-17,19H,6,11,18H2,1-5H3. The largest absolute Gasteiger partial charge is 0.330 e. The molecule has 0 radical (unpaired) electrons. The third-order valence-corrected chi connectivity index (χ3v) is 4.34. The maximum atomic E-state index is 5.95. The van der Waals surface area contributed by atoms with E-state index in [9.17, 15) is 0 Å². The molecule has 1 aromatic carbocycles. The summed E-state index contributed by atoms with van der Waals surface area (Å²) in [5.41, 5.74) is 8.72. The fourth-order valence-electron chi connectivity index (χ4n) is 2.69. The summed E-state index contributed by atoms with van der Waals surface area (Å²) in [6.45, 7) is 9.72. The molecule has 0 aliphatic heterocycles. The average Bonchev–Trinajstić information content (AvgIpc) is 2.43. The minimum absolute atomic E-state index is 0.344. The Bertz CT molecular complexity index is 356. The van der Waals surface area contributed by atoms with Crippen LogP contribution in [0.25, 0.3) is 0 Å². The Balaban J connectivity index is 2.93. The van der Waals surface area contributed by atoms with E-state index in [-0.39, 0.29) is 0 Å². The third kappa shape index (κ3) is 4.05. The zero-order valence-electron chi connectivity index (χ0n) is 13.1. The lowest BCUT2D eigenvalue weighted by atomic mass is 9.84. The van der Waals surface area contributed by atoms with Gasteiger partial charge in [0.2, 0.25) is 0 Å². The molecular formula is C17H30N2. The molecule has 1 aromatic rings. The fraction of sp³-hybridized carbons (Fsp3) is 0.647. The van der Waals surface area contributed by atoms with Crippen LogP contribution >= 0.6 is 0 Å². The van der Waals surface area contributed by atoms with Gasteiger partial charge in [-0.25, -0.2) is 0 Å². The molecule has 0 aliphatic rings. The summed E-state index contributed by atoms with van der Waals surface area (Å²) in [6.07, 6.45) is 1.19. The van der Waals surface area contributed by atoms with Crippen molar-refractivity contribution < 1.29 is 0 Å². The normalized spacial score (nSPS) is 16.4. The van der Waals surface area contributed by atoms with Gasteiger partial charge in [-0.05, 0) is 48.9 Å². The first kappa shape index (κ1) is 16.2. The maximum absolute atomic E-state index is 5.95. The van der Waals surface area contributed by atoms with E-state index in [1.54, 1.807) is 0 Å². The minimum Gasteiger partial charge on any atom is -0.330 e. The van der Waals surface area contributed by atoms with Crippen LogP contribution in [0.15, 0.2) is 24.3 Å². The van der Waals surface area contributed by atoms with E-state index in [4.69, 9.17) is 5.73 Å². The Hall–Kier alpha value is -0.860. The first-order chi connectivity index (χ1) is 9.04. The van der Waals surface area contributed by atoms with E-state index in [2.05, 4.69) is 57.3 Å². The maximum Gasteiger partial charge on any atom is 0.0360 e. The molecule has 3 N–H and O–H groups in total. The van der Waals surface area contributed by atoms with Crippen LogP contribution in [0.4, 0.5) is 0 Å².